The molecule has 2 rings (SSSR count). The minimum atomic E-state index is -4.25. The molecule has 0 radical (unpaired) electrons. The van der Waals surface area contributed by atoms with Crippen molar-refractivity contribution in [2.75, 3.05) is 0 Å². The average molecular weight is 629 g/mol. The monoisotopic (exact) mass is 628 g/mol. The summed E-state index contributed by atoms with van der Waals surface area (Å²) < 4.78 is 34.0. The van der Waals surface area contributed by atoms with Crippen LogP contribution in [0.3, 0.4) is 0 Å². The van der Waals surface area contributed by atoms with Gasteiger partial charge in [0.2, 0.25) is 0 Å². The third kappa shape index (κ3) is 17.3. The quantitative estimate of drug-likeness (QED) is 0.0720. The Morgan fingerprint density at radius 1 is 0.455 bits per heavy atom. The molecule has 0 amide bonds. The highest BCUT2D eigenvalue weighted by molar-refractivity contribution is 7.86. The molecule has 0 aliphatic rings. The van der Waals surface area contributed by atoms with Gasteiger partial charge < -0.3 is 0 Å². The lowest BCUT2D eigenvalue weighted by molar-refractivity contribution is 0.484. The number of rotatable bonds is 29. The first kappa shape index (κ1) is 38.8. The predicted molar refractivity (Wildman–Crippen MR) is 193 cm³/mol. The van der Waals surface area contributed by atoms with Crippen LogP contribution in [0.5, 0.6) is 0 Å². The molecule has 0 spiro atoms. The number of hydrogen-bond acceptors (Lipinski definition) is 2. The van der Waals surface area contributed by atoms with Gasteiger partial charge in [0.25, 0.3) is 10.1 Å². The van der Waals surface area contributed by atoms with Crippen LogP contribution in [0.2, 0.25) is 0 Å². The maximum atomic E-state index is 12.1. The van der Waals surface area contributed by atoms with Gasteiger partial charge in [-0.1, -0.05) is 192 Å². The smallest absolute Gasteiger partial charge is 0.282 e. The van der Waals surface area contributed by atoms with E-state index in [0.717, 1.165) is 24.6 Å². The van der Waals surface area contributed by atoms with Crippen molar-refractivity contribution in [1.82, 2.24) is 0 Å². The van der Waals surface area contributed by atoms with Gasteiger partial charge in [0.15, 0.2) is 0 Å². The molecule has 2 aromatic rings. The first-order chi connectivity index (χ1) is 21.5. The normalized spacial score (nSPS) is 12.0. The van der Waals surface area contributed by atoms with Gasteiger partial charge in [-0.3, -0.25) is 4.55 Å². The maximum Gasteiger partial charge on any atom is 0.295 e. The Bertz CT molecular complexity index is 1090. The second-order valence-corrected chi connectivity index (χ2v) is 15.0. The zero-order chi connectivity index (χ0) is 31.7. The first-order valence-corrected chi connectivity index (χ1v) is 20.4. The summed E-state index contributed by atoms with van der Waals surface area (Å²) in [5.41, 5.74) is 2.49. The molecule has 44 heavy (non-hydrogen) atoms. The molecule has 0 aromatic heterocycles. The van der Waals surface area contributed by atoms with Crippen molar-refractivity contribution < 1.29 is 13.0 Å². The molecular formula is C40H68O3S. The Labute approximate surface area is 273 Å². The Hall–Kier alpha value is -1.39. The molecule has 0 aliphatic heterocycles. The van der Waals surface area contributed by atoms with Crippen molar-refractivity contribution >= 4 is 20.9 Å². The van der Waals surface area contributed by atoms with Crippen LogP contribution in [0.1, 0.15) is 192 Å². The molecule has 0 heterocycles. The van der Waals surface area contributed by atoms with Gasteiger partial charge in [-0.05, 0) is 48.3 Å². The van der Waals surface area contributed by atoms with Crippen molar-refractivity contribution in [3.8, 4) is 0 Å². The molecule has 4 heteroatoms. The van der Waals surface area contributed by atoms with Crippen LogP contribution < -0.4 is 0 Å². The third-order valence-corrected chi connectivity index (χ3v) is 10.4. The highest BCUT2D eigenvalue weighted by Gasteiger charge is 2.16. The second-order valence-electron chi connectivity index (χ2n) is 13.6. The topological polar surface area (TPSA) is 54.4 Å². The summed E-state index contributed by atoms with van der Waals surface area (Å²) >= 11 is 0. The second kappa shape index (κ2) is 24.8. The number of benzene rings is 2. The van der Waals surface area contributed by atoms with E-state index < -0.39 is 10.1 Å². The van der Waals surface area contributed by atoms with E-state index in [1.165, 1.54) is 172 Å². The van der Waals surface area contributed by atoms with Gasteiger partial charge in [-0.2, -0.15) is 8.42 Å². The third-order valence-electron chi connectivity index (χ3n) is 9.53. The van der Waals surface area contributed by atoms with Gasteiger partial charge in [0.1, 0.15) is 4.90 Å². The van der Waals surface area contributed by atoms with E-state index in [1.807, 2.05) is 12.1 Å². The highest BCUT2D eigenvalue weighted by Crippen LogP contribution is 2.29. The standard InChI is InChI=1S/C40H68O3S/c1-3-5-7-9-11-13-15-17-19-21-23-25-27-29-36-31-33-38-39(35-36)37(32-34-40(38)44(41,42)43)30-28-26-24-22-20-18-16-14-12-10-8-6-4-2/h31-35H,3-30H2,1-2H3,(H,41,42,43). The number of fused-ring (bicyclic) bond motifs is 1. The van der Waals surface area contributed by atoms with Gasteiger partial charge in [0, 0.05) is 5.39 Å². The summed E-state index contributed by atoms with van der Waals surface area (Å²) in [5, 5.41) is 1.67. The molecule has 2 aromatic carbocycles. The molecule has 0 unspecified atom stereocenters. The Kier molecular flexibility index (Phi) is 21.9. The fourth-order valence-electron chi connectivity index (χ4n) is 6.71. The summed E-state index contributed by atoms with van der Waals surface area (Å²) in [6.45, 7) is 4.56. The Balaban J connectivity index is 1.71. The molecule has 3 nitrogen and oxygen atoms in total. The minimum Gasteiger partial charge on any atom is -0.282 e. The summed E-state index contributed by atoms with van der Waals surface area (Å²) in [7, 11) is -4.25. The van der Waals surface area contributed by atoms with E-state index in [4.69, 9.17) is 0 Å². The van der Waals surface area contributed by atoms with Gasteiger partial charge in [-0.15, -0.1) is 0 Å². The van der Waals surface area contributed by atoms with E-state index in [9.17, 15) is 13.0 Å². The molecule has 0 atom stereocenters. The van der Waals surface area contributed by atoms with Crippen molar-refractivity contribution in [3.05, 3.63) is 41.5 Å². The summed E-state index contributed by atoms with van der Waals surface area (Å²) in [6.07, 6.45) is 37.0. The molecule has 0 fully saturated rings. The van der Waals surface area contributed by atoms with Crippen molar-refractivity contribution in [1.29, 1.82) is 0 Å². The zero-order valence-electron chi connectivity index (χ0n) is 28.9. The van der Waals surface area contributed by atoms with E-state index >= 15 is 0 Å². The van der Waals surface area contributed by atoms with Crippen LogP contribution >= 0.6 is 0 Å². The lowest BCUT2D eigenvalue weighted by atomic mass is 9.95. The Morgan fingerprint density at radius 2 is 0.841 bits per heavy atom. The molecule has 0 aliphatic carbocycles. The van der Waals surface area contributed by atoms with E-state index in [2.05, 4.69) is 26.0 Å². The largest absolute Gasteiger partial charge is 0.295 e. The number of unbranched alkanes of at least 4 members (excludes halogenated alkanes) is 24. The lowest BCUT2D eigenvalue weighted by Crippen LogP contribution is -2.01. The lowest BCUT2D eigenvalue weighted by Gasteiger charge is -2.12. The molecular weight excluding hydrogens is 561 g/mol. The van der Waals surface area contributed by atoms with Crippen molar-refractivity contribution in [2.45, 2.75) is 199 Å². The number of aryl methyl sites for hydroxylation is 2. The molecule has 0 saturated heterocycles. The van der Waals surface area contributed by atoms with Crippen LogP contribution in [0.4, 0.5) is 0 Å². The molecule has 1 N–H and O–H groups in total. The predicted octanol–water partition coefficient (Wildman–Crippen LogP) is 13.4. The van der Waals surface area contributed by atoms with Gasteiger partial charge in [-0.25, -0.2) is 0 Å². The number of hydrogen-bond donors (Lipinski definition) is 1. The van der Waals surface area contributed by atoms with Crippen LogP contribution in [-0.2, 0) is 23.0 Å². The van der Waals surface area contributed by atoms with Crippen LogP contribution in [0, 0.1) is 0 Å². The van der Waals surface area contributed by atoms with Crippen LogP contribution in [0.25, 0.3) is 10.8 Å². The van der Waals surface area contributed by atoms with Crippen LogP contribution in [-0.4, -0.2) is 13.0 Å². The zero-order valence-corrected chi connectivity index (χ0v) is 29.7. The van der Waals surface area contributed by atoms with Gasteiger partial charge in [0.05, 0.1) is 0 Å². The average Bonchev–Trinajstić information content (AvgIpc) is 3.01. The first-order valence-electron chi connectivity index (χ1n) is 19.0. The fourth-order valence-corrected chi connectivity index (χ4v) is 7.40. The van der Waals surface area contributed by atoms with E-state index in [0.29, 0.717) is 5.39 Å². The molecule has 252 valence electrons. The minimum absolute atomic E-state index is 0.0362. The van der Waals surface area contributed by atoms with Crippen molar-refractivity contribution in [2.24, 2.45) is 0 Å². The highest BCUT2D eigenvalue weighted by atomic mass is 32.2. The summed E-state index contributed by atoms with van der Waals surface area (Å²) in [5.74, 6) is 0. The summed E-state index contributed by atoms with van der Waals surface area (Å²) in [6, 6.07) is 9.71. The maximum absolute atomic E-state index is 12.1. The Morgan fingerprint density at radius 3 is 1.25 bits per heavy atom. The SMILES string of the molecule is CCCCCCCCCCCCCCCc1ccc2c(S(=O)(=O)O)ccc(CCCCCCCCCCCCCCC)c2c1. The van der Waals surface area contributed by atoms with E-state index in [1.54, 1.807) is 6.07 Å². The van der Waals surface area contributed by atoms with Crippen molar-refractivity contribution in [3.63, 3.8) is 0 Å². The van der Waals surface area contributed by atoms with E-state index in [-0.39, 0.29) is 4.90 Å². The molecule has 0 bridgehead atoms. The van der Waals surface area contributed by atoms with Gasteiger partial charge >= 0.3 is 0 Å². The summed E-state index contributed by atoms with van der Waals surface area (Å²) in [4.78, 5) is 0.0362. The fraction of sp³-hybridized carbons (Fsp3) is 0.750. The van der Waals surface area contributed by atoms with Crippen LogP contribution in [0.15, 0.2) is 35.2 Å². The molecule has 0 saturated carbocycles.